The van der Waals surface area contributed by atoms with Crippen LogP contribution in [0.1, 0.15) is 12.5 Å². The normalized spacial score (nSPS) is 16.1. The fourth-order valence-electron chi connectivity index (χ4n) is 1.67. The molecule has 0 bridgehead atoms. The van der Waals surface area contributed by atoms with E-state index < -0.39 is 0 Å². The SMILES string of the molecule is C=C(/C=C1\C=CN(CC)C=N1)Sc1ccccc1C. The Bertz CT molecular complexity index is 540. The standard InChI is InChI=1S/C16H18N2S/c1-4-18-10-9-15(17-12-18)11-14(3)19-16-8-6-5-7-13(16)2/h5-12H,3-4H2,1-2H3/b15-11+. The van der Waals surface area contributed by atoms with Gasteiger partial charge < -0.3 is 4.90 Å². The third-order valence-corrected chi connectivity index (χ3v) is 3.86. The molecule has 0 saturated carbocycles. The maximum absolute atomic E-state index is 4.39. The van der Waals surface area contributed by atoms with Gasteiger partial charge in [0.05, 0.1) is 12.0 Å². The minimum atomic E-state index is 0.937. The molecule has 0 aliphatic carbocycles. The monoisotopic (exact) mass is 270 g/mol. The van der Waals surface area contributed by atoms with Crippen LogP contribution in [0.25, 0.3) is 0 Å². The van der Waals surface area contributed by atoms with Gasteiger partial charge in [-0.25, -0.2) is 4.99 Å². The van der Waals surface area contributed by atoms with Crippen LogP contribution >= 0.6 is 11.8 Å². The summed E-state index contributed by atoms with van der Waals surface area (Å²) in [5.41, 5.74) is 2.21. The van der Waals surface area contributed by atoms with Crippen molar-refractivity contribution in [2.24, 2.45) is 4.99 Å². The molecule has 0 spiro atoms. The molecule has 0 aromatic heterocycles. The largest absolute Gasteiger partial charge is 0.339 e. The first kappa shape index (κ1) is 13.7. The van der Waals surface area contributed by atoms with Gasteiger partial charge in [-0.2, -0.15) is 0 Å². The van der Waals surface area contributed by atoms with Crippen LogP contribution in [-0.2, 0) is 0 Å². The van der Waals surface area contributed by atoms with Crippen molar-refractivity contribution in [3.63, 3.8) is 0 Å². The van der Waals surface area contributed by atoms with Gasteiger partial charge in [0.1, 0.15) is 0 Å². The van der Waals surface area contributed by atoms with Crippen molar-refractivity contribution in [1.29, 1.82) is 0 Å². The van der Waals surface area contributed by atoms with Gasteiger partial charge in [-0.15, -0.1) is 0 Å². The Morgan fingerprint density at radius 2 is 2.21 bits per heavy atom. The van der Waals surface area contributed by atoms with E-state index in [0.29, 0.717) is 0 Å². The number of hydrogen-bond donors (Lipinski definition) is 0. The van der Waals surface area contributed by atoms with Gasteiger partial charge >= 0.3 is 0 Å². The molecule has 1 aliphatic rings. The molecule has 0 saturated heterocycles. The van der Waals surface area contributed by atoms with Gasteiger partial charge in [0, 0.05) is 22.5 Å². The van der Waals surface area contributed by atoms with E-state index in [1.54, 1.807) is 11.8 Å². The van der Waals surface area contributed by atoms with E-state index in [1.807, 2.05) is 41.7 Å². The third-order valence-electron chi connectivity index (χ3n) is 2.80. The molecule has 0 radical (unpaired) electrons. The van der Waals surface area contributed by atoms with E-state index in [-0.39, 0.29) is 0 Å². The molecule has 2 nitrogen and oxygen atoms in total. The van der Waals surface area contributed by atoms with Crippen LogP contribution in [0, 0.1) is 6.92 Å². The summed E-state index contributed by atoms with van der Waals surface area (Å²) < 4.78 is 0. The van der Waals surface area contributed by atoms with Crippen molar-refractivity contribution in [2.45, 2.75) is 18.7 Å². The van der Waals surface area contributed by atoms with Gasteiger partial charge in [0.15, 0.2) is 0 Å². The molecule has 2 rings (SSSR count). The number of aryl methyl sites for hydroxylation is 1. The zero-order valence-corrected chi connectivity index (χ0v) is 12.2. The first-order valence-corrected chi connectivity index (χ1v) is 7.13. The lowest BCUT2D eigenvalue weighted by Gasteiger charge is -2.15. The minimum Gasteiger partial charge on any atom is -0.339 e. The van der Waals surface area contributed by atoms with E-state index in [4.69, 9.17) is 0 Å². The van der Waals surface area contributed by atoms with Gasteiger partial charge in [-0.3, -0.25) is 0 Å². The predicted molar refractivity (Wildman–Crippen MR) is 84.3 cm³/mol. The molecule has 98 valence electrons. The number of allylic oxidation sites excluding steroid dienone is 2. The zero-order valence-electron chi connectivity index (χ0n) is 11.3. The summed E-state index contributed by atoms with van der Waals surface area (Å²) in [5.74, 6) is 0. The van der Waals surface area contributed by atoms with Gasteiger partial charge in [0.2, 0.25) is 0 Å². The maximum atomic E-state index is 4.39. The summed E-state index contributed by atoms with van der Waals surface area (Å²) in [4.78, 5) is 8.66. The van der Waals surface area contributed by atoms with Gasteiger partial charge in [-0.1, -0.05) is 36.5 Å². The molecule has 0 atom stereocenters. The Morgan fingerprint density at radius 1 is 1.42 bits per heavy atom. The lowest BCUT2D eigenvalue weighted by Crippen LogP contribution is -2.16. The van der Waals surface area contributed by atoms with Crippen LogP contribution < -0.4 is 0 Å². The van der Waals surface area contributed by atoms with Crippen LogP contribution in [0.4, 0.5) is 0 Å². The van der Waals surface area contributed by atoms with Gasteiger partial charge in [0.25, 0.3) is 0 Å². The van der Waals surface area contributed by atoms with Crippen molar-refractivity contribution < 1.29 is 0 Å². The Morgan fingerprint density at radius 3 is 2.84 bits per heavy atom. The molecule has 0 fully saturated rings. The summed E-state index contributed by atoms with van der Waals surface area (Å²) in [6.45, 7) is 9.23. The van der Waals surface area contributed by atoms with Crippen molar-refractivity contribution >= 4 is 18.1 Å². The molecule has 1 aromatic rings. The summed E-state index contributed by atoms with van der Waals surface area (Å²) in [6.07, 6.45) is 7.90. The molecule has 0 unspecified atom stereocenters. The Labute approximate surface area is 119 Å². The second-order valence-electron chi connectivity index (χ2n) is 4.29. The number of aliphatic imine (C=N–C) groups is 1. The number of hydrogen-bond acceptors (Lipinski definition) is 3. The van der Waals surface area contributed by atoms with Gasteiger partial charge in [-0.05, 0) is 37.6 Å². The first-order chi connectivity index (χ1) is 9.19. The van der Waals surface area contributed by atoms with Crippen molar-refractivity contribution in [3.05, 3.63) is 65.4 Å². The second-order valence-corrected chi connectivity index (χ2v) is 5.46. The number of benzene rings is 1. The van der Waals surface area contributed by atoms with Crippen molar-refractivity contribution in [3.8, 4) is 0 Å². The quantitative estimate of drug-likeness (QED) is 0.755. The summed E-state index contributed by atoms with van der Waals surface area (Å²) in [5, 5.41) is 0. The molecule has 1 aliphatic heterocycles. The van der Waals surface area contributed by atoms with E-state index in [1.165, 1.54) is 10.5 Å². The Balaban J connectivity index is 2.03. The maximum Gasteiger partial charge on any atom is 0.0952 e. The molecular weight excluding hydrogens is 252 g/mol. The number of thioether (sulfide) groups is 1. The highest BCUT2D eigenvalue weighted by Gasteiger charge is 2.02. The van der Waals surface area contributed by atoms with Crippen LogP contribution in [-0.4, -0.2) is 17.8 Å². The average molecular weight is 270 g/mol. The molecule has 0 amide bonds. The highest BCUT2D eigenvalue weighted by atomic mass is 32.2. The fraction of sp³-hybridized carbons (Fsp3) is 0.188. The van der Waals surface area contributed by atoms with Crippen LogP contribution in [0.3, 0.4) is 0 Å². The van der Waals surface area contributed by atoms with Crippen LogP contribution in [0.15, 0.2) is 69.7 Å². The first-order valence-electron chi connectivity index (χ1n) is 6.31. The van der Waals surface area contributed by atoms with E-state index in [0.717, 1.165) is 17.1 Å². The lowest BCUT2D eigenvalue weighted by molar-refractivity contribution is 0.600. The molecular formula is C16H18N2S. The lowest BCUT2D eigenvalue weighted by atomic mass is 10.2. The zero-order chi connectivity index (χ0) is 13.7. The summed E-state index contributed by atoms with van der Waals surface area (Å²) >= 11 is 1.68. The van der Waals surface area contributed by atoms with Crippen molar-refractivity contribution in [2.75, 3.05) is 6.54 Å². The van der Waals surface area contributed by atoms with E-state index in [9.17, 15) is 0 Å². The smallest absolute Gasteiger partial charge is 0.0952 e. The highest BCUT2D eigenvalue weighted by Crippen LogP contribution is 2.29. The topological polar surface area (TPSA) is 15.6 Å². The van der Waals surface area contributed by atoms with E-state index >= 15 is 0 Å². The Hall–Kier alpha value is -1.74. The second kappa shape index (κ2) is 6.43. The third kappa shape index (κ3) is 3.86. The average Bonchev–Trinajstić information content (AvgIpc) is 2.42. The van der Waals surface area contributed by atoms with E-state index in [2.05, 4.69) is 37.6 Å². The molecule has 0 N–H and O–H groups in total. The van der Waals surface area contributed by atoms with Crippen LogP contribution in [0.5, 0.6) is 0 Å². The number of rotatable bonds is 4. The molecule has 1 aromatic carbocycles. The summed E-state index contributed by atoms with van der Waals surface area (Å²) in [6, 6.07) is 8.32. The number of nitrogens with zero attached hydrogens (tertiary/aromatic N) is 2. The fourth-order valence-corrected chi connectivity index (χ4v) is 2.51. The highest BCUT2D eigenvalue weighted by molar-refractivity contribution is 8.03. The minimum absolute atomic E-state index is 0.937. The Kier molecular flexibility index (Phi) is 4.63. The van der Waals surface area contributed by atoms with Crippen LogP contribution in [0.2, 0.25) is 0 Å². The van der Waals surface area contributed by atoms with Crippen molar-refractivity contribution in [1.82, 2.24) is 4.90 Å². The predicted octanol–water partition coefficient (Wildman–Crippen LogP) is 4.36. The molecule has 1 heterocycles. The molecule has 19 heavy (non-hydrogen) atoms. The summed E-state index contributed by atoms with van der Waals surface area (Å²) in [7, 11) is 0. The molecule has 3 heteroatoms.